The quantitative estimate of drug-likeness (QED) is 0.602. The van der Waals surface area contributed by atoms with Crippen molar-refractivity contribution >= 4 is 0 Å². The molecule has 85 valence electrons. The van der Waals surface area contributed by atoms with Crippen LogP contribution in [0, 0.1) is 43.4 Å². The first-order chi connectivity index (χ1) is 8.05. The van der Waals surface area contributed by atoms with Gasteiger partial charge >= 0.3 is 6.18 Å². The van der Waals surface area contributed by atoms with Crippen molar-refractivity contribution in [3.8, 4) is 11.8 Å². The first kappa shape index (κ1) is 12.0. The number of benzene rings is 1. The van der Waals surface area contributed by atoms with Crippen molar-refractivity contribution in [2.45, 2.75) is 6.18 Å². The van der Waals surface area contributed by atoms with Crippen LogP contribution in [0.4, 0.5) is 13.2 Å². The molecule has 0 aromatic heterocycles. The molecule has 5 radical (unpaired) electrons. The van der Waals surface area contributed by atoms with Crippen LogP contribution in [0.1, 0.15) is 11.1 Å². The van der Waals surface area contributed by atoms with Crippen molar-refractivity contribution < 1.29 is 13.2 Å². The Morgan fingerprint density at radius 3 is 1.94 bits per heavy atom. The van der Waals surface area contributed by atoms with Gasteiger partial charge in [0.25, 0.3) is 0 Å². The molecule has 1 aliphatic carbocycles. The van der Waals surface area contributed by atoms with E-state index in [9.17, 15) is 13.2 Å². The lowest BCUT2D eigenvalue weighted by molar-refractivity contribution is -0.137. The highest BCUT2D eigenvalue weighted by Crippen LogP contribution is 2.29. The van der Waals surface area contributed by atoms with E-state index in [1.807, 2.05) is 25.7 Å². The van der Waals surface area contributed by atoms with Gasteiger partial charge in [0.2, 0.25) is 0 Å². The summed E-state index contributed by atoms with van der Waals surface area (Å²) in [5, 5.41) is 0. The van der Waals surface area contributed by atoms with Crippen LogP contribution in [-0.4, -0.2) is 0 Å². The monoisotopic (exact) mass is 233 g/mol. The van der Waals surface area contributed by atoms with E-state index >= 15 is 0 Å². The lowest BCUT2D eigenvalue weighted by Gasteiger charge is -2.05. The minimum atomic E-state index is -4.29. The normalized spacial score (nSPS) is 16.6. The van der Waals surface area contributed by atoms with Crippen molar-refractivity contribution in [1.82, 2.24) is 0 Å². The summed E-state index contributed by atoms with van der Waals surface area (Å²) < 4.78 is 36.9. The fraction of sp³-hybridized carbons (Fsp3) is 0.0714. The number of alkyl halides is 3. The first-order valence-electron chi connectivity index (χ1n) is 4.97. The lowest BCUT2D eigenvalue weighted by atomic mass is 10.1. The third kappa shape index (κ3) is 3.26. The van der Waals surface area contributed by atoms with Crippen LogP contribution < -0.4 is 0 Å². The van der Waals surface area contributed by atoms with Gasteiger partial charge in [0.05, 0.1) is 11.5 Å². The van der Waals surface area contributed by atoms with Gasteiger partial charge in [-0.15, -0.1) is 0 Å². The summed E-state index contributed by atoms with van der Waals surface area (Å²) in [6, 6.07) is 4.82. The molecule has 1 aliphatic rings. The number of rotatable bonds is 0. The van der Waals surface area contributed by atoms with Crippen LogP contribution in [0.5, 0.6) is 0 Å². The van der Waals surface area contributed by atoms with Gasteiger partial charge in [-0.25, -0.2) is 0 Å². The van der Waals surface area contributed by atoms with Crippen LogP contribution >= 0.6 is 0 Å². The maximum Gasteiger partial charge on any atom is 0.416 e. The molecule has 17 heavy (non-hydrogen) atoms. The predicted molar refractivity (Wildman–Crippen MR) is 58.8 cm³/mol. The molecular weight excluding hydrogens is 225 g/mol. The molecule has 1 fully saturated rings. The largest absolute Gasteiger partial charge is 0.416 e. The topological polar surface area (TPSA) is 0 Å². The van der Waals surface area contributed by atoms with Crippen molar-refractivity contribution in [3.63, 3.8) is 0 Å². The number of halogens is 3. The van der Waals surface area contributed by atoms with E-state index in [1.54, 1.807) is 0 Å². The zero-order valence-corrected chi connectivity index (χ0v) is 8.75. The molecule has 0 N–H and O–H groups in total. The third-order valence-electron chi connectivity index (χ3n) is 2.23. The molecule has 1 saturated carbocycles. The van der Waals surface area contributed by atoms with Crippen LogP contribution in [0.3, 0.4) is 0 Å². The Morgan fingerprint density at radius 1 is 0.824 bits per heavy atom. The smallest absolute Gasteiger partial charge is 0.166 e. The van der Waals surface area contributed by atoms with Gasteiger partial charge in [-0.05, 0) is 49.9 Å². The Bertz CT molecular complexity index is 425. The van der Waals surface area contributed by atoms with Crippen molar-refractivity contribution in [2.24, 2.45) is 0 Å². The molecule has 0 spiro atoms. The molecule has 0 aliphatic heterocycles. The van der Waals surface area contributed by atoms with Gasteiger partial charge in [-0.3, -0.25) is 0 Å². The maximum atomic E-state index is 12.3. The second-order valence-electron chi connectivity index (χ2n) is 3.50. The molecule has 3 heteroatoms. The molecule has 0 heterocycles. The number of hydrogen-bond donors (Lipinski definition) is 0. The van der Waals surface area contributed by atoms with Gasteiger partial charge in [-0.1, -0.05) is 11.8 Å². The number of hydrogen-bond acceptors (Lipinski definition) is 0. The van der Waals surface area contributed by atoms with E-state index in [0.29, 0.717) is 5.56 Å². The molecule has 0 saturated heterocycles. The van der Waals surface area contributed by atoms with E-state index in [-0.39, 0.29) is 0 Å². The van der Waals surface area contributed by atoms with E-state index < -0.39 is 11.7 Å². The van der Waals surface area contributed by atoms with Gasteiger partial charge < -0.3 is 0 Å². The van der Waals surface area contributed by atoms with E-state index in [2.05, 4.69) is 11.8 Å². The second-order valence-corrected chi connectivity index (χ2v) is 3.50. The Balaban J connectivity index is 2.07. The molecule has 1 aromatic carbocycles. The fourth-order valence-electron chi connectivity index (χ4n) is 1.34. The Labute approximate surface area is 98.8 Å². The van der Waals surface area contributed by atoms with Crippen LogP contribution in [0.2, 0.25) is 0 Å². The first-order valence-corrected chi connectivity index (χ1v) is 4.97. The highest BCUT2D eigenvalue weighted by atomic mass is 19.4. The van der Waals surface area contributed by atoms with E-state index in [0.717, 1.165) is 18.1 Å². The molecule has 0 amide bonds. The van der Waals surface area contributed by atoms with Crippen LogP contribution in [0.15, 0.2) is 24.3 Å². The van der Waals surface area contributed by atoms with Crippen molar-refractivity contribution in [3.05, 3.63) is 67.0 Å². The van der Waals surface area contributed by atoms with Crippen molar-refractivity contribution in [1.29, 1.82) is 0 Å². The van der Waals surface area contributed by atoms with Crippen LogP contribution in [0.25, 0.3) is 0 Å². The Morgan fingerprint density at radius 2 is 1.41 bits per heavy atom. The minimum Gasteiger partial charge on any atom is -0.166 e. The molecule has 2 rings (SSSR count). The molecule has 0 atom stereocenters. The average Bonchev–Trinajstić information content (AvgIpc) is 2.78. The third-order valence-corrected chi connectivity index (χ3v) is 2.23. The zero-order valence-electron chi connectivity index (χ0n) is 8.75. The SMILES string of the molecule is FC(F)(F)c1ccc(C#C[C]2[CH][CH][CH][CH]2)cc1. The summed E-state index contributed by atoms with van der Waals surface area (Å²) in [6.07, 6.45) is 3.11. The lowest BCUT2D eigenvalue weighted by Crippen LogP contribution is -2.04. The summed E-state index contributed by atoms with van der Waals surface area (Å²) in [5.74, 6) is 6.53. The summed E-state index contributed by atoms with van der Waals surface area (Å²) in [4.78, 5) is 0. The van der Waals surface area contributed by atoms with Gasteiger partial charge in [-0.2, -0.15) is 13.2 Å². The Kier molecular flexibility index (Phi) is 3.42. The van der Waals surface area contributed by atoms with E-state index in [1.165, 1.54) is 12.1 Å². The summed E-state index contributed by atoms with van der Waals surface area (Å²) in [5.41, 5.74) is -0.0874. The highest BCUT2D eigenvalue weighted by Gasteiger charge is 2.29. The molecular formula is C14H8F3. The summed E-state index contributed by atoms with van der Waals surface area (Å²) in [7, 11) is 0. The van der Waals surface area contributed by atoms with E-state index in [4.69, 9.17) is 0 Å². The standard InChI is InChI=1S/C14H8F3/c15-14(16,17)13-9-7-12(8-10-13)6-5-11-3-1-2-4-11/h1-4,7-10H. The Hall–Kier alpha value is -1.43. The zero-order chi connectivity index (χ0) is 12.3. The molecule has 0 bridgehead atoms. The predicted octanol–water partition coefficient (Wildman–Crippen LogP) is 3.46. The molecule has 0 nitrogen and oxygen atoms in total. The summed E-state index contributed by atoms with van der Waals surface area (Å²) >= 11 is 0. The van der Waals surface area contributed by atoms with Gasteiger partial charge in [0, 0.05) is 5.56 Å². The summed E-state index contributed by atoms with van der Waals surface area (Å²) in [6.45, 7) is 0. The van der Waals surface area contributed by atoms with Crippen molar-refractivity contribution in [2.75, 3.05) is 0 Å². The maximum absolute atomic E-state index is 12.3. The highest BCUT2D eigenvalue weighted by molar-refractivity contribution is 5.50. The second kappa shape index (κ2) is 4.83. The average molecular weight is 233 g/mol. The van der Waals surface area contributed by atoms with Crippen LogP contribution in [-0.2, 0) is 6.18 Å². The minimum absolute atomic E-state index is 0.569. The molecule has 1 aromatic rings. The fourth-order valence-corrected chi connectivity index (χ4v) is 1.34. The van der Waals surface area contributed by atoms with Gasteiger partial charge in [0.15, 0.2) is 0 Å². The molecule has 0 unspecified atom stereocenters. The van der Waals surface area contributed by atoms with Gasteiger partial charge in [0.1, 0.15) is 0 Å².